The fraction of sp³-hybridized carbons (Fsp3) is 0.0667. The number of carboxylic acid groups (broad SMARTS) is 1. The number of hydrogen-bond donors (Lipinski definition) is 1. The van der Waals surface area contributed by atoms with Gasteiger partial charge < -0.3 is 9.67 Å². The number of pyridine rings is 1. The lowest BCUT2D eigenvalue weighted by Gasteiger charge is -2.05. The first-order valence-electron chi connectivity index (χ1n) is 5.90. The molecular weight excluding hydrogens is 240 g/mol. The lowest BCUT2D eigenvalue weighted by Crippen LogP contribution is -2.00. The summed E-state index contributed by atoms with van der Waals surface area (Å²) in [4.78, 5) is 15.9. The molecule has 4 nitrogen and oxygen atoms in total. The molecule has 2 aromatic heterocycles. The van der Waals surface area contributed by atoms with Crippen molar-refractivity contribution in [3.63, 3.8) is 0 Å². The third-order valence-electron chi connectivity index (χ3n) is 3.07. The topological polar surface area (TPSA) is 55.1 Å². The van der Waals surface area contributed by atoms with Crippen molar-refractivity contribution in [2.45, 2.75) is 0 Å². The number of aryl methyl sites for hydroxylation is 1. The zero-order chi connectivity index (χ0) is 13.4. The van der Waals surface area contributed by atoms with E-state index in [2.05, 4.69) is 4.98 Å². The van der Waals surface area contributed by atoms with Crippen LogP contribution in [0, 0.1) is 0 Å². The number of hydrogen-bond acceptors (Lipinski definition) is 2. The molecule has 1 aromatic carbocycles. The molecule has 4 heteroatoms. The molecule has 0 fully saturated rings. The lowest BCUT2D eigenvalue weighted by molar-refractivity contribution is 0.0699. The molecule has 0 bridgehead atoms. The van der Waals surface area contributed by atoms with E-state index in [1.807, 2.05) is 48.3 Å². The SMILES string of the molecule is Cn1ccc(-c2cc(C(=O)O)c3ccccc3n2)c1. The zero-order valence-electron chi connectivity index (χ0n) is 10.4. The van der Waals surface area contributed by atoms with Gasteiger partial charge in [0.2, 0.25) is 0 Å². The molecule has 0 saturated heterocycles. The number of aromatic nitrogens is 2. The summed E-state index contributed by atoms with van der Waals surface area (Å²) in [6.45, 7) is 0. The molecule has 3 aromatic rings. The number of benzene rings is 1. The molecule has 0 saturated carbocycles. The van der Waals surface area contributed by atoms with Crippen LogP contribution in [0.5, 0.6) is 0 Å². The molecule has 1 N–H and O–H groups in total. The molecular formula is C15H12N2O2. The fourth-order valence-electron chi connectivity index (χ4n) is 2.16. The van der Waals surface area contributed by atoms with Crippen LogP contribution >= 0.6 is 0 Å². The second-order valence-electron chi connectivity index (χ2n) is 4.44. The molecule has 0 aliphatic rings. The molecule has 0 aliphatic heterocycles. The van der Waals surface area contributed by atoms with E-state index in [9.17, 15) is 9.90 Å². The fourth-order valence-corrected chi connectivity index (χ4v) is 2.16. The quantitative estimate of drug-likeness (QED) is 0.763. The maximum absolute atomic E-state index is 11.4. The van der Waals surface area contributed by atoms with Gasteiger partial charge in [0.15, 0.2) is 0 Å². The summed E-state index contributed by atoms with van der Waals surface area (Å²) in [5.74, 6) is -0.934. The van der Waals surface area contributed by atoms with Gasteiger partial charge in [-0.05, 0) is 18.2 Å². The summed E-state index contributed by atoms with van der Waals surface area (Å²) in [5.41, 5.74) is 2.57. The van der Waals surface area contributed by atoms with Gasteiger partial charge in [-0.3, -0.25) is 0 Å². The number of para-hydroxylation sites is 1. The van der Waals surface area contributed by atoms with Crippen molar-refractivity contribution in [3.8, 4) is 11.3 Å². The van der Waals surface area contributed by atoms with Gasteiger partial charge in [0.05, 0.1) is 16.8 Å². The van der Waals surface area contributed by atoms with Crippen molar-refractivity contribution in [2.75, 3.05) is 0 Å². The highest BCUT2D eigenvalue weighted by molar-refractivity contribution is 6.03. The van der Waals surface area contributed by atoms with Gasteiger partial charge in [0.1, 0.15) is 0 Å². The van der Waals surface area contributed by atoms with Crippen LogP contribution in [0.1, 0.15) is 10.4 Å². The summed E-state index contributed by atoms with van der Waals surface area (Å²) in [6, 6.07) is 10.8. The van der Waals surface area contributed by atoms with Crippen molar-refractivity contribution in [3.05, 3.63) is 54.4 Å². The Hall–Kier alpha value is -2.62. The monoisotopic (exact) mass is 252 g/mol. The predicted molar refractivity (Wildman–Crippen MR) is 73.1 cm³/mol. The van der Waals surface area contributed by atoms with Gasteiger partial charge in [-0.2, -0.15) is 0 Å². The Bertz CT molecular complexity index is 775. The molecule has 0 radical (unpaired) electrons. The Balaban J connectivity index is 2.30. The van der Waals surface area contributed by atoms with Crippen LogP contribution in [0.25, 0.3) is 22.2 Å². The third kappa shape index (κ3) is 1.97. The van der Waals surface area contributed by atoms with Gasteiger partial charge in [-0.25, -0.2) is 9.78 Å². The van der Waals surface area contributed by atoms with Crippen molar-refractivity contribution >= 4 is 16.9 Å². The summed E-state index contributed by atoms with van der Waals surface area (Å²) < 4.78 is 1.91. The number of fused-ring (bicyclic) bond motifs is 1. The van der Waals surface area contributed by atoms with E-state index in [-0.39, 0.29) is 5.56 Å². The number of aromatic carboxylic acids is 1. The van der Waals surface area contributed by atoms with Gasteiger partial charge in [0.25, 0.3) is 0 Å². The second kappa shape index (κ2) is 4.24. The summed E-state index contributed by atoms with van der Waals surface area (Å²) in [6.07, 6.45) is 3.83. The van der Waals surface area contributed by atoms with E-state index in [1.54, 1.807) is 12.1 Å². The van der Waals surface area contributed by atoms with Crippen LogP contribution in [0.3, 0.4) is 0 Å². The van der Waals surface area contributed by atoms with Gasteiger partial charge in [0, 0.05) is 30.4 Å². The first-order valence-corrected chi connectivity index (χ1v) is 5.90. The van der Waals surface area contributed by atoms with Crippen molar-refractivity contribution in [1.29, 1.82) is 0 Å². The van der Waals surface area contributed by atoms with E-state index in [0.717, 1.165) is 5.56 Å². The van der Waals surface area contributed by atoms with Crippen LogP contribution < -0.4 is 0 Å². The maximum Gasteiger partial charge on any atom is 0.336 e. The Morgan fingerprint density at radius 3 is 2.74 bits per heavy atom. The molecule has 0 aliphatic carbocycles. The van der Waals surface area contributed by atoms with Crippen LogP contribution in [-0.2, 0) is 7.05 Å². The van der Waals surface area contributed by atoms with Gasteiger partial charge >= 0.3 is 5.97 Å². The Morgan fingerprint density at radius 1 is 1.26 bits per heavy atom. The highest BCUT2D eigenvalue weighted by Gasteiger charge is 2.12. The van der Waals surface area contributed by atoms with Crippen LogP contribution in [-0.4, -0.2) is 20.6 Å². The average molecular weight is 252 g/mol. The predicted octanol–water partition coefficient (Wildman–Crippen LogP) is 2.94. The zero-order valence-corrected chi connectivity index (χ0v) is 10.4. The Morgan fingerprint density at radius 2 is 2.05 bits per heavy atom. The normalized spacial score (nSPS) is 10.8. The molecule has 94 valence electrons. The average Bonchev–Trinajstić information content (AvgIpc) is 2.84. The van der Waals surface area contributed by atoms with E-state index < -0.39 is 5.97 Å². The molecule has 19 heavy (non-hydrogen) atoms. The first-order chi connectivity index (χ1) is 9.15. The van der Waals surface area contributed by atoms with Crippen LogP contribution in [0.15, 0.2) is 48.8 Å². The number of carbonyl (C=O) groups is 1. The van der Waals surface area contributed by atoms with E-state index in [1.165, 1.54) is 0 Å². The highest BCUT2D eigenvalue weighted by atomic mass is 16.4. The lowest BCUT2D eigenvalue weighted by atomic mass is 10.1. The number of rotatable bonds is 2. The number of nitrogens with zero attached hydrogens (tertiary/aromatic N) is 2. The standard InChI is InChI=1S/C15H12N2O2/c1-17-7-6-10(9-17)14-8-12(15(18)19)11-4-2-3-5-13(11)16-14/h2-9H,1H3,(H,18,19). The summed E-state index contributed by atoms with van der Waals surface area (Å²) in [5, 5.41) is 9.99. The van der Waals surface area contributed by atoms with E-state index in [0.29, 0.717) is 16.6 Å². The Labute approximate surface area is 109 Å². The van der Waals surface area contributed by atoms with Crippen LogP contribution in [0.4, 0.5) is 0 Å². The largest absolute Gasteiger partial charge is 0.478 e. The second-order valence-corrected chi connectivity index (χ2v) is 4.44. The molecule has 0 amide bonds. The molecule has 2 heterocycles. The summed E-state index contributed by atoms with van der Waals surface area (Å²) in [7, 11) is 1.92. The minimum absolute atomic E-state index is 0.282. The smallest absolute Gasteiger partial charge is 0.336 e. The molecule has 0 atom stereocenters. The van der Waals surface area contributed by atoms with Gasteiger partial charge in [-0.1, -0.05) is 18.2 Å². The molecule has 0 spiro atoms. The minimum atomic E-state index is -0.934. The minimum Gasteiger partial charge on any atom is -0.478 e. The maximum atomic E-state index is 11.4. The number of carboxylic acids is 1. The van der Waals surface area contributed by atoms with Crippen molar-refractivity contribution in [2.24, 2.45) is 7.05 Å². The molecule has 3 rings (SSSR count). The summed E-state index contributed by atoms with van der Waals surface area (Å²) >= 11 is 0. The van der Waals surface area contributed by atoms with Crippen molar-refractivity contribution in [1.82, 2.24) is 9.55 Å². The van der Waals surface area contributed by atoms with Crippen molar-refractivity contribution < 1.29 is 9.90 Å². The Kier molecular flexibility index (Phi) is 2.56. The van der Waals surface area contributed by atoms with Gasteiger partial charge in [-0.15, -0.1) is 0 Å². The van der Waals surface area contributed by atoms with E-state index in [4.69, 9.17) is 0 Å². The third-order valence-corrected chi connectivity index (χ3v) is 3.07. The molecule has 0 unspecified atom stereocenters. The first kappa shape index (κ1) is 11.5. The van der Waals surface area contributed by atoms with E-state index >= 15 is 0 Å². The van der Waals surface area contributed by atoms with Crippen LogP contribution in [0.2, 0.25) is 0 Å². The highest BCUT2D eigenvalue weighted by Crippen LogP contribution is 2.24.